The molecule has 1 aliphatic heterocycles. The second-order valence-corrected chi connectivity index (χ2v) is 4.19. The number of hydrogen-bond acceptors (Lipinski definition) is 3. The zero-order valence-electron chi connectivity index (χ0n) is 9.43. The van der Waals surface area contributed by atoms with Crippen LogP contribution in [-0.2, 0) is 4.79 Å². The Morgan fingerprint density at radius 3 is 2.88 bits per heavy atom. The summed E-state index contributed by atoms with van der Waals surface area (Å²) in [6.45, 7) is 0.501. The van der Waals surface area contributed by atoms with Gasteiger partial charge in [-0.2, -0.15) is 5.10 Å². The molecule has 1 aromatic heterocycles. The van der Waals surface area contributed by atoms with Crippen molar-refractivity contribution in [2.45, 2.75) is 31.7 Å². The number of carbonyl (C=O) groups is 2. The molecule has 1 aromatic rings. The van der Waals surface area contributed by atoms with E-state index in [1.165, 1.54) is 17.3 Å². The van der Waals surface area contributed by atoms with E-state index in [1.54, 1.807) is 0 Å². The highest BCUT2D eigenvalue weighted by molar-refractivity contribution is 5.96. The molecule has 1 atom stereocenters. The molecule has 17 heavy (non-hydrogen) atoms. The molecule has 92 valence electrons. The number of rotatable bonds is 2. The lowest BCUT2D eigenvalue weighted by Gasteiger charge is -2.26. The lowest BCUT2D eigenvalue weighted by Crippen LogP contribution is -2.44. The van der Waals surface area contributed by atoms with E-state index in [0.717, 1.165) is 19.3 Å². The second kappa shape index (κ2) is 4.99. The molecule has 6 heteroatoms. The van der Waals surface area contributed by atoms with Gasteiger partial charge in [0.25, 0.3) is 5.91 Å². The third-order valence-corrected chi connectivity index (χ3v) is 3.04. The number of likely N-dealkylation sites (tertiary alicyclic amines) is 1. The van der Waals surface area contributed by atoms with Crippen molar-refractivity contribution in [2.75, 3.05) is 6.54 Å². The van der Waals surface area contributed by atoms with Crippen LogP contribution >= 0.6 is 0 Å². The summed E-state index contributed by atoms with van der Waals surface area (Å²) in [5, 5.41) is 15.4. The Kier molecular flexibility index (Phi) is 3.41. The number of aromatic nitrogens is 2. The summed E-state index contributed by atoms with van der Waals surface area (Å²) in [5.41, 5.74) is 0.415. The number of carboxylic acid groups (broad SMARTS) is 1. The fourth-order valence-corrected chi connectivity index (χ4v) is 2.14. The van der Waals surface area contributed by atoms with E-state index in [-0.39, 0.29) is 5.91 Å². The van der Waals surface area contributed by atoms with Crippen molar-refractivity contribution >= 4 is 11.9 Å². The summed E-state index contributed by atoms with van der Waals surface area (Å²) in [6.07, 6.45) is 6.12. The number of nitrogens with zero attached hydrogens (tertiary/aromatic N) is 2. The first-order valence-electron chi connectivity index (χ1n) is 5.72. The van der Waals surface area contributed by atoms with Crippen LogP contribution in [0.15, 0.2) is 12.4 Å². The maximum absolute atomic E-state index is 12.1. The van der Waals surface area contributed by atoms with Crippen LogP contribution in [0.1, 0.15) is 36.0 Å². The van der Waals surface area contributed by atoms with E-state index in [4.69, 9.17) is 5.11 Å². The van der Waals surface area contributed by atoms with Gasteiger partial charge in [0.15, 0.2) is 0 Å². The number of carboxylic acids is 1. The highest BCUT2D eigenvalue weighted by Gasteiger charge is 2.31. The average Bonchev–Trinajstić information content (AvgIpc) is 2.71. The van der Waals surface area contributed by atoms with Crippen LogP contribution in [0.4, 0.5) is 0 Å². The quantitative estimate of drug-likeness (QED) is 0.799. The van der Waals surface area contributed by atoms with Gasteiger partial charge in [-0.15, -0.1) is 0 Å². The normalized spacial score (nSPS) is 20.9. The zero-order chi connectivity index (χ0) is 12.3. The van der Waals surface area contributed by atoms with Crippen molar-refractivity contribution in [1.82, 2.24) is 15.1 Å². The SMILES string of the molecule is O=C(O)C1CCCCCN1C(=O)c1cn[nH]c1. The number of aliphatic carboxylic acids is 1. The molecule has 0 spiro atoms. The maximum Gasteiger partial charge on any atom is 0.326 e. The van der Waals surface area contributed by atoms with Gasteiger partial charge in [0.1, 0.15) is 6.04 Å². The van der Waals surface area contributed by atoms with Crippen molar-refractivity contribution < 1.29 is 14.7 Å². The van der Waals surface area contributed by atoms with Gasteiger partial charge in [-0.05, 0) is 12.8 Å². The summed E-state index contributed by atoms with van der Waals surface area (Å²) >= 11 is 0. The zero-order valence-corrected chi connectivity index (χ0v) is 9.43. The molecule has 2 N–H and O–H groups in total. The van der Waals surface area contributed by atoms with Gasteiger partial charge >= 0.3 is 5.97 Å². The van der Waals surface area contributed by atoms with Crippen molar-refractivity contribution in [3.05, 3.63) is 18.0 Å². The Morgan fingerprint density at radius 1 is 1.41 bits per heavy atom. The standard InChI is InChI=1S/C11H15N3O3/c15-10(8-6-12-13-7-8)14-5-3-1-2-4-9(14)11(16)17/h6-7,9H,1-5H2,(H,12,13)(H,16,17). The summed E-state index contributed by atoms with van der Waals surface area (Å²) in [6, 6.07) is -0.708. The van der Waals surface area contributed by atoms with Crippen molar-refractivity contribution in [3.8, 4) is 0 Å². The molecule has 2 rings (SSSR count). The summed E-state index contributed by atoms with van der Waals surface area (Å²) in [4.78, 5) is 24.7. The van der Waals surface area contributed by atoms with Crippen LogP contribution in [0.25, 0.3) is 0 Å². The van der Waals surface area contributed by atoms with Crippen LogP contribution in [0.3, 0.4) is 0 Å². The molecular formula is C11H15N3O3. The van der Waals surface area contributed by atoms with Gasteiger partial charge in [-0.1, -0.05) is 12.8 Å². The number of H-pyrrole nitrogens is 1. The minimum Gasteiger partial charge on any atom is -0.480 e. The lowest BCUT2D eigenvalue weighted by molar-refractivity contribution is -0.142. The van der Waals surface area contributed by atoms with E-state index in [1.807, 2.05) is 0 Å². The van der Waals surface area contributed by atoms with E-state index < -0.39 is 12.0 Å². The largest absolute Gasteiger partial charge is 0.480 e. The molecule has 0 radical (unpaired) electrons. The third-order valence-electron chi connectivity index (χ3n) is 3.04. The molecule has 0 aliphatic carbocycles. The van der Waals surface area contributed by atoms with Crippen LogP contribution < -0.4 is 0 Å². The Hall–Kier alpha value is -1.85. The molecule has 0 bridgehead atoms. The molecule has 1 saturated heterocycles. The maximum atomic E-state index is 12.1. The van der Waals surface area contributed by atoms with Gasteiger partial charge in [0, 0.05) is 12.7 Å². The molecule has 1 aliphatic rings. The van der Waals surface area contributed by atoms with Gasteiger partial charge in [0.05, 0.1) is 11.8 Å². The van der Waals surface area contributed by atoms with Crippen LogP contribution in [0.2, 0.25) is 0 Å². The molecule has 6 nitrogen and oxygen atoms in total. The molecule has 0 saturated carbocycles. The van der Waals surface area contributed by atoms with E-state index in [0.29, 0.717) is 18.5 Å². The van der Waals surface area contributed by atoms with Crippen LogP contribution in [0, 0.1) is 0 Å². The highest BCUT2D eigenvalue weighted by atomic mass is 16.4. The molecule has 0 aromatic carbocycles. The summed E-state index contributed by atoms with van der Waals surface area (Å²) < 4.78 is 0. The number of carbonyl (C=O) groups excluding carboxylic acids is 1. The Labute approximate surface area is 98.6 Å². The van der Waals surface area contributed by atoms with Crippen molar-refractivity contribution in [3.63, 3.8) is 0 Å². The van der Waals surface area contributed by atoms with Gasteiger partial charge in [-0.25, -0.2) is 4.79 Å². The monoisotopic (exact) mass is 237 g/mol. The van der Waals surface area contributed by atoms with Crippen LogP contribution in [-0.4, -0.2) is 44.7 Å². The first-order valence-corrected chi connectivity index (χ1v) is 5.72. The third kappa shape index (κ3) is 2.46. The number of nitrogens with one attached hydrogen (secondary N) is 1. The summed E-state index contributed by atoms with van der Waals surface area (Å²) in [5.74, 6) is -1.18. The number of aromatic amines is 1. The fourth-order valence-electron chi connectivity index (χ4n) is 2.14. The minimum absolute atomic E-state index is 0.256. The van der Waals surface area contributed by atoms with E-state index in [9.17, 15) is 9.59 Å². The van der Waals surface area contributed by atoms with Crippen molar-refractivity contribution in [1.29, 1.82) is 0 Å². The Bertz CT molecular complexity index is 402. The lowest BCUT2D eigenvalue weighted by atomic mass is 10.1. The molecular weight excluding hydrogens is 222 g/mol. The Morgan fingerprint density at radius 2 is 2.24 bits per heavy atom. The summed E-state index contributed by atoms with van der Waals surface area (Å²) in [7, 11) is 0. The van der Waals surface area contributed by atoms with Gasteiger partial charge in [0.2, 0.25) is 0 Å². The van der Waals surface area contributed by atoms with E-state index >= 15 is 0 Å². The van der Waals surface area contributed by atoms with Gasteiger partial charge < -0.3 is 10.0 Å². The molecule has 1 fully saturated rings. The fraction of sp³-hybridized carbons (Fsp3) is 0.545. The smallest absolute Gasteiger partial charge is 0.326 e. The Balaban J connectivity index is 2.20. The number of hydrogen-bond donors (Lipinski definition) is 2. The minimum atomic E-state index is -0.927. The van der Waals surface area contributed by atoms with Crippen molar-refractivity contribution in [2.24, 2.45) is 0 Å². The highest BCUT2D eigenvalue weighted by Crippen LogP contribution is 2.19. The first kappa shape index (κ1) is 11.6. The van der Waals surface area contributed by atoms with Crippen LogP contribution in [0.5, 0.6) is 0 Å². The molecule has 2 heterocycles. The van der Waals surface area contributed by atoms with Gasteiger partial charge in [-0.3, -0.25) is 9.89 Å². The first-order chi connectivity index (χ1) is 8.20. The topological polar surface area (TPSA) is 86.3 Å². The predicted molar refractivity (Wildman–Crippen MR) is 59.5 cm³/mol. The molecule has 1 unspecified atom stereocenters. The average molecular weight is 237 g/mol. The second-order valence-electron chi connectivity index (χ2n) is 4.19. The molecule has 1 amide bonds. The predicted octanol–water partition coefficient (Wildman–Crippen LogP) is 0.879. The van der Waals surface area contributed by atoms with E-state index in [2.05, 4.69) is 10.2 Å². The number of amides is 1.